The Kier molecular flexibility index (Phi) is 5.46. The molecule has 0 spiro atoms. The van der Waals surface area contributed by atoms with Gasteiger partial charge in [-0.25, -0.2) is 5.43 Å². The Hall–Kier alpha value is -0.410. The number of nitrogens with zero attached hydrogens (tertiary/aromatic N) is 1. The fraction of sp³-hybridized carbons (Fsp3) is 0.833. The molecular weight excluding hydrogens is 114 g/mol. The van der Waals surface area contributed by atoms with Gasteiger partial charge >= 0.3 is 0 Å². The maximum Gasteiger partial charge on any atom is 0.108 e. The van der Waals surface area contributed by atoms with Crippen molar-refractivity contribution in [1.29, 1.82) is 0 Å². The van der Waals surface area contributed by atoms with E-state index in [-0.39, 0.29) is 6.17 Å². The predicted molar refractivity (Wildman–Crippen MR) is 40.4 cm³/mol. The molecular formula is C6H15N3. The summed E-state index contributed by atoms with van der Waals surface area (Å²) in [5, 5.41) is 0. The molecule has 1 atom stereocenters. The van der Waals surface area contributed by atoms with Crippen molar-refractivity contribution in [2.45, 2.75) is 26.9 Å². The number of hydrogen-bond acceptors (Lipinski definition) is 3. The van der Waals surface area contributed by atoms with Crippen molar-refractivity contribution in [2.24, 2.45) is 4.99 Å². The first-order valence-corrected chi connectivity index (χ1v) is 3.27. The molecule has 0 aromatic carbocycles. The van der Waals surface area contributed by atoms with Crippen LogP contribution in [0.1, 0.15) is 20.8 Å². The summed E-state index contributed by atoms with van der Waals surface area (Å²) in [5.74, 6) is 0. The van der Waals surface area contributed by atoms with E-state index in [1.807, 2.05) is 20.8 Å². The van der Waals surface area contributed by atoms with Crippen LogP contribution in [0.15, 0.2) is 4.99 Å². The zero-order valence-electron chi connectivity index (χ0n) is 6.31. The van der Waals surface area contributed by atoms with E-state index >= 15 is 0 Å². The lowest BCUT2D eigenvalue weighted by Crippen LogP contribution is -2.37. The van der Waals surface area contributed by atoms with Crippen molar-refractivity contribution in [3.05, 3.63) is 0 Å². The van der Waals surface area contributed by atoms with Crippen molar-refractivity contribution in [3.63, 3.8) is 0 Å². The third kappa shape index (κ3) is 5.46. The monoisotopic (exact) mass is 129 g/mol. The van der Waals surface area contributed by atoms with E-state index in [4.69, 9.17) is 0 Å². The van der Waals surface area contributed by atoms with Gasteiger partial charge in [0.25, 0.3) is 0 Å². The highest BCUT2D eigenvalue weighted by Gasteiger charge is 1.89. The second-order valence-electron chi connectivity index (χ2n) is 1.76. The van der Waals surface area contributed by atoms with E-state index in [1.54, 1.807) is 6.21 Å². The third-order valence-electron chi connectivity index (χ3n) is 0.860. The molecule has 3 nitrogen and oxygen atoms in total. The topological polar surface area (TPSA) is 36.4 Å². The normalized spacial score (nSPS) is 14.6. The number of nitrogens with one attached hydrogen (secondary N) is 2. The number of rotatable bonds is 4. The Bertz CT molecular complexity index is 80.4. The molecule has 0 aromatic rings. The molecule has 0 radical (unpaired) electrons. The van der Waals surface area contributed by atoms with Crippen molar-refractivity contribution >= 4 is 6.21 Å². The summed E-state index contributed by atoms with van der Waals surface area (Å²) in [6.45, 7) is 6.85. The standard InChI is InChI=1S/C6H15N3/c1-4-7-6(3)9-8-5-2/h4,6,8-9H,5H2,1-3H3. The van der Waals surface area contributed by atoms with Gasteiger partial charge in [-0.2, -0.15) is 0 Å². The maximum atomic E-state index is 4.06. The van der Waals surface area contributed by atoms with Crippen molar-refractivity contribution < 1.29 is 0 Å². The quantitative estimate of drug-likeness (QED) is 0.429. The van der Waals surface area contributed by atoms with Crippen LogP contribution in [0, 0.1) is 0 Å². The summed E-state index contributed by atoms with van der Waals surface area (Å²) < 4.78 is 0. The van der Waals surface area contributed by atoms with Crippen LogP contribution in [0.2, 0.25) is 0 Å². The minimum atomic E-state index is 0.176. The fourth-order valence-electron chi connectivity index (χ4n) is 0.511. The number of hydrazine groups is 1. The van der Waals surface area contributed by atoms with Crippen LogP contribution in [-0.2, 0) is 0 Å². The minimum Gasteiger partial charge on any atom is -0.278 e. The lowest BCUT2D eigenvalue weighted by Gasteiger charge is -2.07. The zero-order valence-corrected chi connectivity index (χ0v) is 6.31. The Morgan fingerprint density at radius 3 is 2.78 bits per heavy atom. The summed E-state index contributed by atoms with van der Waals surface area (Å²) in [7, 11) is 0. The summed E-state index contributed by atoms with van der Waals surface area (Å²) in [6, 6.07) is 0. The molecule has 3 heteroatoms. The Morgan fingerprint density at radius 2 is 2.33 bits per heavy atom. The van der Waals surface area contributed by atoms with E-state index in [0.29, 0.717) is 0 Å². The average Bonchev–Trinajstić information content (AvgIpc) is 1.85. The van der Waals surface area contributed by atoms with Gasteiger partial charge in [-0.1, -0.05) is 6.92 Å². The largest absolute Gasteiger partial charge is 0.278 e. The number of hydrogen-bond donors (Lipinski definition) is 2. The summed E-state index contributed by atoms with van der Waals surface area (Å²) in [5.41, 5.74) is 5.95. The van der Waals surface area contributed by atoms with E-state index < -0.39 is 0 Å². The van der Waals surface area contributed by atoms with Gasteiger partial charge in [0.05, 0.1) is 0 Å². The van der Waals surface area contributed by atoms with E-state index in [1.165, 1.54) is 0 Å². The molecule has 0 aliphatic heterocycles. The van der Waals surface area contributed by atoms with Crippen molar-refractivity contribution in [1.82, 2.24) is 10.9 Å². The van der Waals surface area contributed by atoms with Gasteiger partial charge in [-0.05, 0) is 20.1 Å². The Morgan fingerprint density at radius 1 is 1.67 bits per heavy atom. The highest BCUT2D eigenvalue weighted by Crippen LogP contribution is 1.76. The van der Waals surface area contributed by atoms with E-state index in [0.717, 1.165) is 6.54 Å². The second kappa shape index (κ2) is 5.72. The van der Waals surface area contributed by atoms with Crippen LogP contribution in [0.3, 0.4) is 0 Å². The molecule has 0 heterocycles. The molecule has 0 aliphatic carbocycles. The third-order valence-corrected chi connectivity index (χ3v) is 0.860. The highest BCUT2D eigenvalue weighted by molar-refractivity contribution is 5.53. The van der Waals surface area contributed by atoms with Gasteiger partial charge in [0, 0.05) is 6.54 Å². The van der Waals surface area contributed by atoms with Gasteiger partial charge in [0.15, 0.2) is 0 Å². The SMILES string of the molecule is CC=NC(C)NNCC. The predicted octanol–water partition coefficient (Wildman–Crippen LogP) is 0.537. The molecule has 0 rings (SSSR count). The average molecular weight is 129 g/mol. The zero-order chi connectivity index (χ0) is 7.11. The van der Waals surface area contributed by atoms with Crippen LogP contribution < -0.4 is 10.9 Å². The molecule has 0 amide bonds. The van der Waals surface area contributed by atoms with Crippen LogP contribution in [0.25, 0.3) is 0 Å². The first-order chi connectivity index (χ1) is 4.31. The number of aliphatic imine (C=N–C) groups is 1. The van der Waals surface area contributed by atoms with Gasteiger partial charge in [0.1, 0.15) is 6.17 Å². The van der Waals surface area contributed by atoms with Crippen molar-refractivity contribution in [3.8, 4) is 0 Å². The van der Waals surface area contributed by atoms with Crippen LogP contribution in [-0.4, -0.2) is 18.9 Å². The van der Waals surface area contributed by atoms with Crippen LogP contribution in [0.5, 0.6) is 0 Å². The summed E-state index contributed by atoms with van der Waals surface area (Å²) >= 11 is 0. The summed E-state index contributed by atoms with van der Waals surface area (Å²) in [6.07, 6.45) is 1.96. The highest BCUT2D eigenvalue weighted by atomic mass is 15.4. The molecule has 54 valence electrons. The summed E-state index contributed by atoms with van der Waals surface area (Å²) in [4.78, 5) is 4.06. The van der Waals surface area contributed by atoms with Crippen LogP contribution in [0.4, 0.5) is 0 Å². The molecule has 2 N–H and O–H groups in total. The molecule has 0 saturated heterocycles. The van der Waals surface area contributed by atoms with Gasteiger partial charge in [0.2, 0.25) is 0 Å². The second-order valence-corrected chi connectivity index (χ2v) is 1.76. The lowest BCUT2D eigenvalue weighted by molar-refractivity contribution is 0.475. The van der Waals surface area contributed by atoms with Crippen molar-refractivity contribution in [2.75, 3.05) is 6.54 Å². The van der Waals surface area contributed by atoms with E-state index in [9.17, 15) is 0 Å². The minimum absolute atomic E-state index is 0.176. The smallest absolute Gasteiger partial charge is 0.108 e. The molecule has 0 bridgehead atoms. The maximum absolute atomic E-state index is 4.06. The van der Waals surface area contributed by atoms with Gasteiger partial charge in [-0.3, -0.25) is 10.4 Å². The lowest BCUT2D eigenvalue weighted by atomic mass is 10.6. The molecule has 0 fully saturated rings. The Labute approximate surface area is 56.5 Å². The molecule has 0 aromatic heterocycles. The van der Waals surface area contributed by atoms with Crippen LogP contribution >= 0.6 is 0 Å². The van der Waals surface area contributed by atoms with Gasteiger partial charge < -0.3 is 0 Å². The molecule has 9 heavy (non-hydrogen) atoms. The molecule has 0 saturated carbocycles. The fourth-order valence-corrected chi connectivity index (χ4v) is 0.511. The van der Waals surface area contributed by atoms with Gasteiger partial charge in [-0.15, -0.1) is 0 Å². The first kappa shape index (κ1) is 8.59. The van der Waals surface area contributed by atoms with E-state index in [2.05, 4.69) is 15.8 Å². The Balaban J connectivity index is 3.15. The molecule has 1 unspecified atom stereocenters. The molecule has 0 aliphatic rings. The first-order valence-electron chi connectivity index (χ1n) is 3.27.